The minimum atomic E-state index is -4.88. The zero-order valence-corrected chi connectivity index (χ0v) is 10.2. The first kappa shape index (κ1) is 14.5. The number of halogens is 3. The Kier molecular flexibility index (Phi) is 3.23. The highest BCUT2D eigenvalue weighted by molar-refractivity contribution is 5.93. The molecule has 1 saturated heterocycles. The van der Waals surface area contributed by atoms with Crippen LogP contribution in [0, 0.1) is 0 Å². The summed E-state index contributed by atoms with van der Waals surface area (Å²) in [6, 6.07) is 0. The Morgan fingerprint density at radius 1 is 1.39 bits per heavy atom. The molecular weight excluding hydrogens is 253 g/mol. The van der Waals surface area contributed by atoms with Crippen LogP contribution in [-0.4, -0.2) is 29.3 Å². The number of cyclic esters (lactones) is 1. The Morgan fingerprint density at radius 2 is 1.89 bits per heavy atom. The van der Waals surface area contributed by atoms with Crippen LogP contribution in [-0.2, 0) is 19.1 Å². The molecule has 4 nitrogen and oxygen atoms in total. The molecule has 0 aromatic rings. The van der Waals surface area contributed by atoms with Crippen molar-refractivity contribution >= 4 is 11.9 Å². The number of esters is 2. The van der Waals surface area contributed by atoms with E-state index in [0.717, 1.165) is 0 Å². The van der Waals surface area contributed by atoms with E-state index >= 15 is 0 Å². The van der Waals surface area contributed by atoms with Crippen LogP contribution in [0.4, 0.5) is 13.2 Å². The quantitative estimate of drug-likeness (QED) is 0.567. The zero-order chi connectivity index (χ0) is 14.4. The molecule has 1 aliphatic rings. The van der Waals surface area contributed by atoms with Crippen LogP contribution in [0.3, 0.4) is 0 Å². The molecule has 1 rings (SSSR count). The second kappa shape index (κ2) is 4.00. The van der Waals surface area contributed by atoms with Crippen LogP contribution in [0.1, 0.15) is 27.2 Å². The van der Waals surface area contributed by atoms with Crippen molar-refractivity contribution < 1.29 is 32.2 Å². The van der Waals surface area contributed by atoms with E-state index in [4.69, 9.17) is 4.74 Å². The van der Waals surface area contributed by atoms with Gasteiger partial charge >= 0.3 is 18.1 Å². The average molecular weight is 266 g/mol. The topological polar surface area (TPSA) is 52.6 Å². The molecule has 0 N–H and O–H groups in total. The molecule has 0 spiro atoms. The zero-order valence-electron chi connectivity index (χ0n) is 10.2. The van der Waals surface area contributed by atoms with Gasteiger partial charge in [0.1, 0.15) is 11.2 Å². The standard InChI is InChI=1S/C11H13F3O4/c1-6(11(12,13)14)7(15)17-10(4)5-9(2,3)18-8(10)16/h1,5H2,2-4H3. The van der Waals surface area contributed by atoms with Crippen LogP contribution < -0.4 is 0 Å². The van der Waals surface area contributed by atoms with Crippen LogP contribution in [0.5, 0.6) is 0 Å². The molecule has 0 bridgehead atoms. The first-order valence-electron chi connectivity index (χ1n) is 5.10. The maximum absolute atomic E-state index is 12.2. The normalized spacial score (nSPS) is 26.7. The van der Waals surface area contributed by atoms with Gasteiger partial charge in [-0.2, -0.15) is 13.2 Å². The van der Waals surface area contributed by atoms with E-state index < -0.39 is 34.9 Å². The summed E-state index contributed by atoms with van der Waals surface area (Å²) in [7, 11) is 0. The fourth-order valence-corrected chi connectivity index (χ4v) is 1.74. The first-order chi connectivity index (χ1) is 7.87. The lowest BCUT2D eigenvalue weighted by atomic mass is 9.95. The Hall–Kier alpha value is -1.53. The summed E-state index contributed by atoms with van der Waals surface area (Å²) in [4.78, 5) is 22.8. The summed E-state index contributed by atoms with van der Waals surface area (Å²) in [5.74, 6) is -2.53. The van der Waals surface area contributed by atoms with Gasteiger partial charge in [-0.1, -0.05) is 6.58 Å². The summed E-state index contributed by atoms with van der Waals surface area (Å²) in [6.45, 7) is 6.97. The molecule has 1 heterocycles. The molecule has 102 valence electrons. The molecule has 0 amide bonds. The number of alkyl halides is 3. The number of hydrogen-bond donors (Lipinski definition) is 0. The fraction of sp³-hybridized carbons (Fsp3) is 0.636. The van der Waals surface area contributed by atoms with Crippen LogP contribution in [0.2, 0.25) is 0 Å². The molecule has 1 aliphatic heterocycles. The predicted octanol–water partition coefficient (Wildman–Crippen LogP) is 2.13. The highest BCUT2D eigenvalue weighted by atomic mass is 19.4. The van der Waals surface area contributed by atoms with E-state index in [1.807, 2.05) is 0 Å². The van der Waals surface area contributed by atoms with Gasteiger partial charge in [-0.25, -0.2) is 9.59 Å². The molecule has 0 saturated carbocycles. The molecule has 0 radical (unpaired) electrons. The average Bonchev–Trinajstić information content (AvgIpc) is 2.31. The van der Waals surface area contributed by atoms with Crippen molar-refractivity contribution in [2.45, 2.75) is 44.6 Å². The largest absolute Gasteiger partial charge is 0.457 e. The smallest absolute Gasteiger partial charge is 0.422 e. The monoisotopic (exact) mass is 266 g/mol. The molecule has 0 aromatic heterocycles. The lowest BCUT2D eigenvalue weighted by Crippen LogP contribution is -2.38. The number of carbonyl (C=O) groups excluding carboxylic acids is 2. The lowest BCUT2D eigenvalue weighted by Gasteiger charge is -2.22. The van der Waals surface area contributed by atoms with E-state index in [-0.39, 0.29) is 6.42 Å². The van der Waals surface area contributed by atoms with Crippen LogP contribution >= 0.6 is 0 Å². The van der Waals surface area contributed by atoms with Crippen molar-refractivity contribution in [1.82, 2.24) is 0 Å². The van der Waals surface area contributed by atoms with Gasteiger partial charge < -0.3 is 9.47 Å². The van der Waals surface area contributed by atoms with E-state index in [1.54, 1.807) is 13.8 Å². The summed E-state index contributed by atoms with van der Waals surface area (Å²) in [6.07, 6.45) is -4.90. The highest BCUT2D eigenvalue weighted by Gasteiger charge is 2.53. The number of hydrogen-bond acceptors (Lipinski definition) is 4. The maximum Gasteiger partial charge on any atom is 0.422 e. The Labute approximate surface area is 102 Å². The van der Waals surface area contributed by atoms with Gasteiger partial charge in [0.25, 0.3) is 0 Å². The van der Waals surface area contributed by atoms with Crippen molar-refractivity contribution in [1.29, 1.82) is 0 Å². The minimum Gasteiger partial charge on any atom is -0.457 e. The van der Waals surface area contributed by atoms with Gasteiger partial charge in [0.2, 0.25) is 5.60 Å². The van der Waals surface area contributed by atoms with E-state index in [1.165, 1.54) is 6.92 Å². The molecule has 0 aromatic carbocycles. The fourth-order valence-electron chi connectivity index (χ4n) is 1.74. The van der Waals surface area contributed by atoms with Crippen LogP contribution in [0.15, 0.2) is 12.2 Å². The second-order valence-corrected chi connectivity index (χ2v) is 4.92. The molecular formula is C11H13F3O4. The van der Waals surface area contributed by atoms with E-state index in [0.29, 0.717) is 0 Å². The van der Waals surface area contributed by atoms with Gasteiger partial charge in [0.05, 0.1) is 0 Å². The maximum atomic E-state index is 12.2. The third-order valence-corrected chi connectivity index (χ3v) is 2.47. The number of ether oxygens (including phenoxy) is 2. The molecule has 1 fully saturated rings. The van der Waals surface area contributed by atoms with Gasteiger partial charge in [-0.3, -0.25) is 0 Å². The lowest BCUT2D eigenvalue weighted by molar-refractivity contribution is -0.174. The van der Waals surface area contributed by atoms with Crippen LogP contribution in [0.25, 0.3) is 0 Å². The van der Waals surface area contributed by atoms with Gasteiger partial charge in [-0.15, -0.1) is 0 Å². The van der Waals surface area contributed by atoms with Crippen molar-refractivity contribution in [3.05, 3.63) is 12.2 Å². The Morgan fingerprint density at radius 3 is 2.22 bits per heavy atom. The van der Waals surface area contributed by atoms with Gasteiger partial charge in [0, 0.05) is 6.42 Å². The van der Waals surface area contributed by atoms with Crippen molar-refractivity contribution in [3.8, 4) is 0 Å². The van der Waals surface area contributed by atoms with Crippen molar-refractivity contribution in [2.24, 2.45) is 0 Å². The third-order valence-electron chi connectivity index (χ3n) is 2.47. The predicted molar refractivity (Wildman–Crippen MR) is 54.5 cm³/mol. The third kappa shape index (κ3) is 2.83. The molecule has 1 atom stereocenters. The van der Waals surface area contributed by atoms with Gasteiger partial charge in [-0.05, 0) is 20.8 Å². The summed E-state index contributed by atoms with van der Waals surface area (Å²) in [5.41, 5.74) is -4.25. The highest BCUT2D eigenvalue weighted by Crippen LogP contribution is 2.37. The molecule has 18 heavy (non-hydrogen) atoms. The second-order valence-electron chi connectivity index (χ2n) is 4.92. The Bertz CT molecular complexity index is 411. The minimum absolute atomic E-state index is 0.0181. The summed E-state index contributed by atoms with van der Waals surface area (Å²) < 4.78 is 46.2. The Balaban J connectivity index is 2.83. The summed E-state index contributed by atoms with van der Waals surface area (Å²) >= 11 is 0. The van der Waals surface area contributed by atoms with Crippen molar-refractivity contribution in [2.75, 3.05) is 0 Å². The number of carbonyl (C=O) groups is 2. The molecule has 0 aliphatic carbocycles. The SMILES string of the molecule is C=C(C(=O)OC1(C)CC(C)(C)OC1=O)C(F)(F)F. The van der Waals surface area contributed by atoms with E-state index in [2.05, 4.69) is 11.3 Å². The molecule has 1 unspecified atom stereocenters. The number of rotatable bonds is 2. The molecule has 7 heteroatoms. The van der Waals surface area contributed by atoms with Gasteiger partial charge in [0.15, 0.2) is 0 Å². The summed E-state index contributed by atoms with van der Waals surface area (Å²) in [5, 5.41) is 0. The first-order valence-corrected chi connectivity index (χ1v) is 5.10. The van der Waals surface area contributed by atoms with E-state index in [9.17, 15) is 22.8 Å². The van der Waals surface area contributed by atoms with Crippen molar-refractivity contribution in [3.63, 3.8) is 0 Å².